The van der Waals surface area contributed by atoms with Crippen LogP contribution in [0, 0.1) is 63.6 Å². The van der Waals surface area contributed by atoms with Crippen LogP contribution in [-0.4, -0.2) is 327 Å². The topological polar surface area (TPSA) is 949 Å². The third-order valence-electron chi connectivity index (χ3n) is 27.9. The van der Waals surface area contributed by atoms with Gasteiger partial charge in [0.15, 0.2) is 34.1 Å². The van der Waals surface area contributed by atoms with Crippen LogP contribution in [0.4, 0.5) is 28.6 Å². The second kappa shape index (κ2) is 38.4. The molecule has 0 aromatic carbocycles. The molecule has 10 aromatic heterocycles. The van der Waals surface area contributed by atoms with Gasteiger partial charge in [0.2, 0.25) is 0 Å². The van der Waals surface area contributed by atoms with E-state index in [0.717, 1.165) is 29.0 Å². The summed E-state index contributed by atoms with van der Waals surface area (Å²) in [5.41, 5.74) is 3.75. The van der Waals surface area contributed by atoms with E-state index >= 15 is 0 Å². The molecule has 29 N–H and O–H groups in total. The molecule has 0 amide bonds. The zero-order valence-electron chi connectivity index (χ0n) is 74.4. The van der Waals surface area contributed by atoms with Crippen molar-refractivity contribution in [1.29, 1.82) is 0 Å². The number of phosphoric ester groups is 4. The maximum absolute atomic E-state index is 12.1. The largest absolute Gasteiger partial charge is 0.490 e. The van der Waals surface area contributed by atoms with Gasteiger partial charge >= 0.3 is 70.4 Å². The molecule has 10 aliphatic carbocycles. The number of anilines is 5. The maximum atomic E-state index is 12.1. The second-order valence-corrected chi connectivity index (χ2v) is 48.6. The number of nitrogens with one attached hydrogen (secondary N) is 5. The summed E-state index contributed by atoms with van der Waals surface area (Å²) in [6, 6.07) is 4.26. The smallest absolute Gasteiger partial charge is 0.396 e. The van der Waals surface area contributed by atoms with Crippen LogP contribution >= 0.6 is 70.4 Å². The lowest BCUT2D eigenvalue weighted by atomic mass is 10.0. The first-order valence-electron chi connectivity index (χ1n) is 42.5. The van der Waals surface area contributed by atoms with Crippen LogP contribution in [0.15, 0.2) is 80.7 Å². The lowest BCUT2D eigenvalue weighted by Gasteiger charge is -2.24. The minimum atomic E-state index is -5.67. The summed E-state index contributed by atoms with van der Waals surface area (Å²) < 4.78 is 148. The molecule has 0 bridgehead atoms. The third-order valence-corrected chi connectivity index (χ3v) is 38.1. The molecule has 0 aliphatic heterocycles. The molecular weight excluding hydrogens is 2090 g/mol. The van der Waals surface area contributed by atoms with Gasteiger partial charge < -0.3 is 169 Å². The molecule has 63 nitrogen and oxygen atoms in total. The molecular formula is C70H100N21O42P9. The number of nitrogens with zero attached hydrogens (tertiary/aromatic N) is 16. The van der Waals surface area contributed by atoms with Crippen LogP contribution in [0.5, 0.6) is 0 Å². The number of hydrogen-bond acceptors (Lipinski definition) is 45. The Morgan fingerprint density at radius 2 is 0.549 bits per heavy atom. The Morgan fingerprint density at radius 3 is 0.803 bits per heavy atom. The summed E-state index contributed by atoms with van der Waals surface area (Å²) in [4.78, 5) is 165. The minimum Gasteiger partial charge on any atom is -0.396 e. The number of pyridine rings is 4. The van der Waals surface area contributed by atoms with Gasteiger partial charge in [-0.15, -0.1) is 0 Å². The molecule has 10 fully saturated rings. The molecule has 0 saturated heterocycles. The highest BCUT2D eigenvalue weighted by atomic mass is 31.3. The van der Waals surface area contributed by atoms with Crippen LogP contribution in [0.25, 0.3) is 55.8 Å². The van der Waals surface area contributed by atoms with Crippen molar-refractivity contribution in [3.8, 4) is 0 Å². The number of aliphatic hydroxyl groups excluding tert-OH is 11. The highest BCUT2D eigenvalue weighted by molar-refractivity contribution is 7.67. The van der Waals surface area contributed by atoms with Gasteiger partial charge in [0.1, 0.15) is 63.9 Å². The number of aryl methyl sites for hydroxylation is 1. The van der Waals surface area contributed by atoms with Crippen LogP contribution in [0.1, 0.15) is 68.1 Å². The number of imidazole rings is 5. The van der Waals surface area contributed by atoms with Gasteiger partial charge in [-0.1, -0.05) is 0 Å². The van der Waals surface area contributed by atoms with Crippen molar-refractivity contribution < 1.29 is 201 Å². The summed E-state index contributed by atoms with van der Waals surface area (Å²) >= 11 is 0. The maximum Gasteiger partial charge on any atom is 0.490 e. The van der Waals surface area contributed by atoms with Crippen LogP contribution in [-0.2, 0) is 80.7 Å². The van der Waals surface area contributed by atoms with Crippen molar-refractivity contribution in [2.24, 2.45) is 56.7 Å². The molecule has 782 valence electrons. The molecule has 10 aliphatic rings. The number of rotatable bonds is 33. The Hall–Kier alpha value is -7.22. The molecule has 72 heteroatoms. The fraction of sp³-hybridized carbons (Fsp3) is 0.586. The van der Waals surface area contributed by atoms with Crippen LogP contribution < -0.4 is 26.6 Å². The van der Waals surface area contributed by atoms with E-state index in [0.29, 0.717) is 80.5 Å². The highest BCUT2D eigenvalue weighted by Crippen LogP contribution is 2.76. The summed E-state index contributed by atoms with van der Waals surface area (Å²) in [6.07, 6.45) is 4.09. The van der Waals surface area contributed by atoms with E-state index in [4.69, 9.17) is 52.7 Å². The van der Waals surface area contributed by atoms with Crippen molar-refractivity contribution in [1.82, 2.24) is 77.7 Å². The summed E-state index contributed by atoms with van der Waals surface area (Å²) in [7, 11) is -39.4. The predicted molar refractivity (Wildman–Crippen MR) is 479 cm³/mol. The number of hydrogen-bond donors (Lipinski definition) is 29. The first-order valence-corrected chi connectivity index (χ1v) is 56.1. The van der Waals surface area contributed by atoms with Crippen molar-refractivity contribution in [2.45, 2.75) is 130 Å². The fourth-order valence-corrected chi connectivity index (χ4v) is 29.3. The van der Waals surface area contributed by atoms with Crippen molar-refractivity contribution in [3.63, 3.8) is 0 Å². The number of fused-ring (bicyclic) bond motifs is 10. The lowest BCUT2D eigenvalue weighted by molar-refractivity contribution is -0.0300. The first kappa shape index (κ1) is 108. The molecule has 10 saturated carbocycles. The standard InChI is InChI=1S/C14H22N5O12P3.C14H21N4O12P3.C14H20N4O9P2.C14H19N4O6P.C14H18N4O3/c1-6-17-12(15-2)8-13(18-6)19(5-16-8)9-7-3-14(7,11(21)10(9)20)4-29-33(25,26)31-34(27,28)30-32(22,23)24;1-15-8-2-3-16-13-9(8)17-6-18(13)10-7-4-14(7,12(20)11(10)19)5-28-32(24,25)30-33(26,27)29-31(21,22)23;1-15-8-2-3-16-13-9(8)17-6-18(13)10-7-4-14(7,12(20)11(10)19)5-26-29(24,25)27-28(21,22)23;1-15-8-2-3-16-13-9(8)17-6-18(13)10-7-4-14(7,12(20)11(10)19)5-24-25(21,22)23;1-15-8-2-3-16-13-9(8)17-6-18(13)10-7-4-14(7,5-19)12(21)11(10)20/h5,7,9-11,20-21H,3-4H2,1-2H3,(H,25,26)(H,27,28)(H,15,17,18)(H2,22,23,24);2-3,6-7,10-12,19-20H,4-5H2,1H3,(H,15,16)(H,24,25)(H,26,27)(H2,21,22,23);2-3,6-7,10-12,19-20H,4-5H2,1H3,(H,15,16)(H,24,25)(H2,21,22,23);2-3,6-7,10-12,19-20H,4-5H2,1H3,(H,15,16)(H2,21,22,23);2-3,6-7,10-12,19-21H,4-5H2,1H3,(H,15,16)/t7-,9-,10+,11+,14+;4*7-,10-,11+,12+,14+/m11111/s1. The molecule has 0 spiro atoms. The van der Waals surface area contributed by atoms with Gasteiger partial charge in [-0.3, -0.25) is 18.1 Å². The fourth-order valence-electron chi connectivity index (χ4n) is 21.1. The normalized spacial score (nSPS) is 33.8. The SMILES string of the molecule is CNc1ccnc2c1ncn2[C@H]1[C@H](O)[C@H](O)[C@]2(CO)C[C@H]12.CNc1ccnc2c1ncn2[C@H]1[C@H](O)[C@H](O)[C@]2(COP(=O)(O)O)C[C@H]12.CNc1ccnc2c1ncn2[C@H]1[C@H](O)[C@H](O)[C@]2(COP(=O)(O)OP(=O)(O)O)C[C@H]12.CNc1ccnc2c1ncn2[C@H]1[C@H](O)[C@H](O)[C@]2(COP(=O)(O)OP(=O)(O)OP(=O)(O)O)C[C@H]12.CNc1nc(C)nc2c1ncn2[C@H]1[C@H](O)[C@H](O)[C@]2(COP(=O)(O)OP(=O)(O)OP(=O)(O)O)C[C@H]12. The quantitative estimate of drug-likeness (QED) is 0.0231. The Labute approximate surface area is 797 Å². The molecule has 10 heterocycles. The predicted octanol–water partition coefficient (Wildman–Crippen LogP) is -0.503. The molecule has 142 heavy (non-hydrogen) atoms. The minimum absolute atomic E-state index is 0.0601. The highest BCUT2D eigenvalue weighted by Gasteiger charge is 2.77. The van der Waals surface area contributed by atoms with E-state index in [1.165, 1.54) is 19.0 Å². The molecule has 0 radical (unpaired) electrons. The van der Waals surface area contributed by atoms with Crippen molar-refractivity contribution in [3.05, 3.63) is 86.5 Å². The first-order chi connectivity index (χ1) is 66.2. The van der Waals surface area contributed by atoms with Gasteiger partial charge in [-0.25, -0.2) is 95.9 Å². The van der Waals surface area contributed by atoms with Gasteiger partial charge in [0, 0.05) is 87.1 Å². The third kappa shape index (κ3) is 20.5. The van der Waals surface area contributed by atoms with Gasteiger partial charge in [-0.05, 0) is 92.9 Å². The number of phosphoric acid groups is 9. The Kier molecular flexibility index (Phi) is 29.1. The summed E-state index contributed by atoms with van der Waals surface area (Å²) in [6.45, 7) is -0.618. The van der Waals surface area contributed by atoms with Crippen molar-refractivity contribution >= 4 is 155 Å². The molecule has 5 unspecified atom stereocenters. The molecule has 10 aromatic rings. The van der Waals surface area contributed by atoms with Crippen LogP contribution in [0.2, 0.25) is 0 Å². The van der Waals surface area contributed by atoms with Gasteiger partial charge in [-0.2, -0.15) is 21.6 Å². The zero-order valence-corrected chi connectivity index (χ0v) is 82.4. The average Bonchev–Trinajstić information content (AvgIpc) is 1.53. The average molecular weight is 2190 g/mol. The van der Waals surface area contributed by atoms with E-state index in [2.05, 4.69) is 107 Å². The van der Waals surface area contributed by atoms with Crippen LogP contribution in [0.3, 0.4) is 0 Å². The summed E-state index contributed by atoms with van der Waals surface area (Å²) in [5.74, 6) is -0.459. The van der Waals surface area contributed by atoms with E-state index < -0.39 is 214 Å². The van der Waals surface area contributed by atoms with Gasteiger partial charge in [0.25, 0.3) is 0 Å². The van der Waals surface area contributed by atoms with E-state index in [1.54, 1.807) is 109 Å². The molecule has 30 atom stereocenters. The monoisotopic (exact) mass is 2190 g/mol. The Bertz CT molecular complexity index is 6950. The summed E-state index contributed by atoms with van der Waals surface area (Å²) in [5, 5.41) is 130. The van der Waals surface area contributed by atoms with Gasteiger partial charge in [0.05, 0.1) is 148 Å². The van der Waals surface area contributed by atoms with E-state index in [9.17, 15) is 122 Å². The Balaban J connectivity index is 0.000000129. The van der Waals surface area contributed by atoms with Crippen molar-refractivity contribution in [2.75, 3.05) is 94.9 Å². The van der Waals surface area contributed by atoms with E-state index in [1.807, 2.05) is 17.7 Å². The number of aliphatic hydroxyl groups is 11. The molecule has 20 rings (SSSR count). The second-order valence-electron chi connectivity index (χ2n) is 35.7. The number of aromatic nitrogens is 16. The Morgan fingerprint density at radius 1 is 0.310 bits per heavy atom. The zero-order chi connectivity index (χ0) is 104. The lowest BCUT2D eigenvalue weighted by Crippen LogP contribution is -2.35. The van der Waals surface area contributed by atoms with E-state index in [-0.39, 0.29) is 49.9 Å².